The highest BCUT2D eigenvalue weighted by molar-refractivity contribution is 7.99. The van der Waals surface area contributed by atoms with Crippen LogP contribution in [0.3, 0.4) is 0 Å². The van der Waals surface area contributed by atoms with Crippen molar-refractivity contribution in [2.75, 3.05) is 18.1 Å². The summed E-state index contributed by atoms with van der Waals surface area (Å²) in [6, 6.07) is 4.61. The second-order valence-corrected chi connectivity index (χ2v) is 5.29. The lowest BCUT2D eigenvalue weighted by molar-refractivity contribution is 0.477. The van der Waals surface area contributed by atoms with Gasteiger partial charge in [0.15, 0.2) is 0 Å². The first kappa shape index (κ1) is 11.0. The first-order valence-electron chi connectivity index (χ1n) is 5.57. The maximum absolute atomic E-state index is 4.03. The van der Waals surface area contributed by atoms with Crippen LogP contribution in [-0.2, 0) is 0 Å². The predicted molar refractivity (Wildman–Crippen MR) is 66.1 cm³/mol. The molecule has 0 amide bonds. The van der Waals surface area contributed by atoms with E-state index in [4.69, 9.17) is 0 Å². The van der Waals surface area contributed by atoms with E-state index in [0.717, 1.165) is 12.5 Å². The molecule has 1 aromatic rings. The Balaban J connectivity index is 1.79. The molecule has 82 valence electrons. The van der Waals surface area contributed by atoms with Crippen LogP contribution in [0, 0.1) is 5.92 Å². The maximum Gasteiger partial charge on any atom is 0.0293 e. The number of hydrogen-bond acceptors (Lipinski definition) is 3. The number of nitrogens with one attached hydrogen (secondary N) is 1. The normalized spacial score (nSPS) is 22.9. The minimum Gasteiger partial charge on any atom is -0.310 e. The van der Waals surface area contributed by atoms with E-state index in [1.807, 2.05) is 12.4 Å². The van der Waals surface area contributed by atoms with Crippen molar-refractivity contribution in [3.8, 4) is 0 Å². The Morgan fingerprint density at radius 2 is 2.33 bits per heavy atom. The molecule has 1 N–H and O–H groups in total. The van der Waals surface area contributed by atoms with E-state index >= 15 is 0 Å². The van der Waals surface area contributed by atoms with Gasteiger partial charge in [-0.2, -0.15) is 11.8 Å². The van der Waals surface area contributed by atoms with E-state index in [-0.39, 0.29) is 0 Å². The van der Waals surface area contributed by atoms with Gasteiger partial charge < -0.3 is 5.32 Å². The SMILES string of the molecule is C[C@H](NCC1CCSC1)c1ccncc1. The topological polar surface area (TPSA) is 24.9 Å². The van der Waals surface area contributed by atoms with Crippen molar-refractivity contribution in [1.29, 1.82) is 0 Å². The van der Waals surface area contributed by atoms with Crippen molar-refractivity contribution in [1.82, 2.24) is 10.3 Å². The third-order valence-electron chi connectivity index (χ3n) is 2.94. The second kappa shape index (κ2) is 5.52. The number of rotatable bonds is 4. The maximum atomic E-state index is 4.03. The van der Waals surface area contributed by atoms with E-state index in [1.165, 1.54) is 23.5 Å². The van der Waals surface area contributed by atoms with Crippen molar-refractivity contribution < 1.29 is 0 Å². The van der Waals surface area contributed by atoms with E-state index in [1.54, 1.807) is 0 Å². The average molecular weight is 222 g/mol. The van der Waals surface area contributed by atoms with Gasteiger partial charge in [0.25, 0.3) is 0 Å². The summed E-state index contributed by atoms with van der Waals surface area (Å²) in [6.07, 6.45) is 5.10. The minimum absolute atomic E-state index is 0.443. The zero-order valence-corrected chi connectivity index (χ0v) is 9.96. The van der Waals surface area contributed by atoms with Gasteiger partial charge in [0.1, 0.15) is 0 Å². The zero-order valence-electron chi connectivity index (χ0n) is 9.15. The lowest BCUT2D eigenvalue weighted by Gasteiger charge is -2.16. The quantitative estimate of drug-likeness (QED) is 0.847. The van der Waals surface area contributed by atoms with Gasteiger partial charge in [-0.3, -0.25) is 4.98 Å². The van der Waals surface area contributed by atoms with Crippen LogP contribution < -0.4 is 5.32 Å². The monoisotopic (exact) mass is 222 g/mol. The van der Waals surface area contributed by atoms with Crippen molar-refractivity contribution >= 4 is 11.8 Å². The molecule has 3 heteroatoms. The molecule has 2 atom stereocenters. The lowest BCUT2D eigenvalue weighted by Crippen LogP contribution is -2.25. The van der Waals surface area contributed by atoms with Gasteiger partial charge in [-0.15, -0.1) is 0 Å². The fourth-order valence-corrected chi connectivity index (χ4v) is 3.14. The summed E-state index contributed by atoms with van der Waals surface area (Å²) in [4.78, 5) is 4.03. The molecule has 1 aromatic heterocycles. The Bertz CT molecular complexity index is 283. The standard InChI is InChI=1S/C12H18N2S/c1-10(12-2-5-13-6-3-12)14-8-11-4-7-15-9-11/h2-3,5-6,10-11,14H,4,7-9H2,1H3/t10-,11?/m0/s1. The summed E-state index contributed by atoms with van der Waals surface area (Å²) in [7, 11) is 0. The highest BCUT2D eigenvalue weighted by Crippen LogP contribution is 2.23. The molecule has 0 radical (unpaired) electrons. The number of aromatic nitrogens is 1. The van der Waals surface area contributed by atoms with Gasteiger partial charge in [0, 0.05) is 18.4 Å². The van der Waals surface area contributed by atoms with Crippen LogP contribution >= 0.6 is 11.8 Å². The molecule has 1 aliphatic heterocycles. The van der Waals surface area contributed by atoms with E-state index in [0.29, 0.717) is 6.04 Å². The molecular formula is C12H18N2S. The third-order valence-corrected chi connectivity index (χ3v) is 4.17. The van der Waals surface area contributed by atoms with Crippen LogP contribution in [0.2, 0.25) is 0 Å². The number of nitrogens with zero attached hydrogens (tertiary/aromatic N) is 1. The molecule has 1 unspecified atom stereocenters. The number of thioether (sulfide) groups is 1. The van der Waals surface area contributed by atoms with Crippen LogP contribution in [0.4, 0.5) is 0 Å². The minimum atomic E-state index is 0.443. The summed E-state index contributed by atoms with van der Waals surface area (Å²) < 4.78 is 0. The molecule has 0 aliphatic carbocycles. The Kier molecular flexibility index (Phi) is 4.03. The molecule has 2 nitrogen and oxygen atoms in total. The van der Waals surface area contributed by atoms with Crippen LogP contribution in [0.5, 0.6) is 0 Å². The highest BCUT2D eigenvalue weighted by Gasteiger charge is 2.16. The molecule has 0 spiro atoms. The van der Waals surface area contributed by atoms with Gasteiger partial charge >= 0.3 is 0 Å². The lowest BCUT2D eigenvalue weighted by atomic mass is 10.1. The molecule has 0 bridgehead atoms. The average Bonchev–Trinajstić information content (AvgIpc) is 2.80. The van der Waals surface area contributed by atoms with Crippen LogP contribution in [0.25, 0.3) is 0 Å². The Hall–Kier alpha value is -0.540. The largest absolute Gasteiger partial charge is 0.310 e. The summed E-state index contributed by atoms with van der Waals surface area (Å²) in [5.41, 5.74) is 1.33. The molecule has 2 heterocycles. The van der Waals surface area contributed by atoms with Crippen LogP contribution in [0.1, 0.15) is 24.9 Å². The van der Waals surface area contributed by atoms with E-state index in [9.17, 15) is 0 Å². The van der Waals surface area contributed by atoms with Gasteiger partial charge in [-0.05, 0) is 55.0 Å². The molecule has 1 aliphatic rings. The summed E-state index contributed by atoms with van der Waals surface area (Å²) in [6.45, 7) is 3.37. The van der Waals surface area contributed by atoms with E-state index in [2.05, 4.69) is 41.1 Å². The number of pyridine rings is 1. The molecule has 0 aromatic carbocycles. The highest BCUT2D eigenvalue weighted by atomic mass is 32.2. The molecule has 15 heavy (non-hydrogen) atoms. The van der Waals surface area contributed by atoms with Crippen molar-refractivity contribution in [2.45, 2.75) is 19.4 Å². The van der Waals surface area contributed by atoms with Gasteiger partial charge in [0.2, 0.25) is 0 Å². The van der Waals surface area contributed by atoms with Crippen molar-refractivity contribution in [3.63, 3.8) is 0 Å². The molecule has 1 fully saturated rings. The number of hydrogen-bond donors (Lipinski definition) is 1. The summed E-state index contributed by atoms with van der Waals surface area (Å²) >= 11 is 2.08. The predicted octanol–water partition coefficient (Wildman–Crippen LogP) is 2.49. The van der Waals surface area contributed by atoms with Crippen molar-refractivity contribution in [3.05, 3.63) is 30.1 Å². The Morgan fingerprint density at radius 1 is 1.53 bits per heavy atom. The molecule has 0 saturated carbocycles. The van der Waals surface area contributed by atoms with Gasteiger partial charge in [0.05, 0.1) is 0 Å². The smallest absolute Gasteiger partial charge is 0.0293 e. The fraction of sp³-hybridized carbons (Fsp3) is 0.583. The Morgan fingerprint density at radius 3 is 3.00 bits per heavy atom. The van der Waals surface area contributed by atoms with E-state index < -0.39 is 0 Å². The second-order valence-electron chi connectivity index (χ2n) is 4.14. The van der Waals surface area contributed by atoms with Crippen LogP contribution in [0.15, 0.2) is 24.5 Å². The Labute approximate surface area is 95.9 Å². The summed E-state index contributed by atoms with van der Waals surface area (Å²) in [5, 5.41) is 3.60. The van der Waals surface area contributed by atoms with Gasteiger partial charge in [-0.25, -0.2) is 0 Å². The molecule has 2 rings (SSSR count). The first-order chi connectivity index (χ1) is 7.36. The van der Waals surface area contributed by atoms with Gasteiger partial charge in [-0.1, -0.05) is 0 Å². The zero-order chi connectivity index (χ0) is 10.5. The van der Waals surface area contributed by atoms with Crippen molar-refractivity contribution in [2.24, 2.45) is 5.92 Å². The first-order valence-corrected chi connectivity index (χ1v) is 6.73. The molecule has 1 saturated heterocycles. The fourth-order valence-electron chi connectivity index (χ4n) is 1.86. The third kappa shape index (κ3) is 3.21. The summed E-state index contributed by atoms with van der Waals surface area (Å²) in [5.74, 6) is 3.55. The molecular weight excluding hydrogens is 204 g/mol. The van der Waals surface area contributed by atoms with Crippen LogP contribution in [-0.4, -0.2) is 23.0 Å².